The van der Waals surface area contributed by atoms with Crippen LogP contribution in [0.25, 0.3) is 43.6 Å². The van der Waals surface area contributed by atoms with E-state index in [-0.39, 0.29) is 60.0 Å². The van der Waals surface area contributed by atoms with Crippen LogP contribution in [0.15, 0.2) is 66.5 Å². The first-order chi connectivity index (χ1) is 24.8. The Morgan fingerprint density at radius 1 is 0.887 bits per heavy atom. The third kappa shape index (κ3) is 9.06. The minimum absolute atomic E-state index is 0. The quantitative estimate of drug-likeness (QED) is 0.0680. The molecule has 1 aromatic heterocycles. The summed E-state index contributed by atoms with van der Waals surface area (Å²) in [6, 6.07) is 20.8. The number of hydrogen-bond donors (Lipinski definition) is 1. The number of aliphatic hydroxyl groups is 1. The molecule has 0 bridgehead atoms. The van der Waals surface area contributed by atoms with Gasteiger partial charge in [0.2, 0.25) is 0 Å². The number of aryl methyl sites for hydroxylation is 1. The van der Waals surface area contributed by atoms with Gasteiger partial charge in [-0.1, -0.05) is 129 Å². The number of ether oxygens (including phenoxy) is 1. The molecule has 4 nitrogen and oxygen atoms in total. The van der Waals surface area contributed by atoms with Crippen LogP contribution in [0.1, 0.15) is 120 Å². The molecule has 4 aromatic carbocycles. The predicted molar refractivity (Wildman–Crippen MR) is 221 cm³/mol. The molecule has 285 valence electrons. The number of rotatable bonds is 9. The van der Waals surface area contributed by atoms with Crippen LogP contribution in [0.3, 0.4) is 0 Å². The SMILES string of the molecule is CCC(CC)C(=O)/C=C(\O)C(C)(CC)CC.[2H]c1cc2c3c(cc4c(CC(C)(C)C)cccc42)Oc2c([c-]c4cc(C)ccc4c2CC(C)(C)C)-c3n1.[Ir]. The molecule has 0 saturated carbocycles. The molecule has 53 heavy (non-hydrogen) atoms. The summed E-state index contributed by atoms with van der Waals surface area (Å²) >= 11 is 0. The molecule has 0 unspecified atom stereocenters. The van der Waals surface area contributed by atoms with Crippen molar-refractivity contribution in [1.29, 1.82) is 0 Å². The van der Waals surface area contributed by atoms with Gasteiger partial charge in [0, 0.05) is 54.8 Å². The zero-order chi connectivity index (χ0) is 39.0. The average molecular weight is 892 g/mol. The van der Waals surface area contributed by atoms with Crippen LogP contribution in [-0.2, 0) is 37.7 Å². The van der Waals surface area contributed by atoms with E-state index in [4.69, 9.17) is 11.1 Å². The van der Waals surface area contributed by atoms with Gasteiger partial charge in [-0.25, -0.2) is 0 Å². The van der Waals surface area contributed by atoms with Crippen molar-refractivity contribution >= 4 is 38.1 Å². The van der Waals surface area contributed by atoms with Gasteiger partial charge in [-0.15, -0.1) is 17.5 Å². The van der Waals surface area contributed by atoms with Crippen molar-refractivity contribution in [1.82, 2.24) is 4.98 Å². The van der Waals surface area contributed by atoms with Crippen LogP contribution in [0.5, 0.6) is 11.5 Å². The van der Waals surface area contributed by atoms with Gasteiger partial charge in [0.15, 0.2) is 5.78 Å². The molecule has 0 amide bonds. The number of nitrogens with zero attached hydrogens (tertiary/aromatic N) is 1. The van der Waals surface area contributed by atoms with Crippen molar-refractivity contribution in [3.63, 3.8) is 0 Å². The first-order valence-electron chi connectivity index (χ1n) is 19.8. The molecule has 0 aliphatic carbocycles. The number of carbonyl (C=O) groups is 1. The van der Waals surface area contributed by atoms with Crippen molar-refractivity contribution in [2.24, 2.45) is 22.2 Å². The van der Waals surface area contributed by atoms with Crippen molar-refractivity contribution in [3.8, 4) is 22.8 Å². The maximum absolute atomic E-state index is 11.9. The monoisotopic (exact) mass is 892 g/mol. The smallest absolute Gasteiger partial charge is 0.162 e. The Bertz CT molecular complexity index is 2200. The maximum atomic E-state index is 11.9. The van der Waals surface area contributed by atoms with Gasteiger partial charge in [0.25, 0.3) is 0 Å². The van der Waals surface area contributed by atoms with Crippen molar-refractivity contribution < 1.29 is 36.1 Å². The molecule has 0 spiro atoms. The largest absolute Gasteiger partial charge is 0.512 e. The molecule has 0 atom stereocenters. The second-order valence-corrected chi connectivity index (χ2v) is 17.6. The van der Waals surface area contributed by atoms with Crippen LogP contribution in [0, 0.1) is 35.2 Å². The van der Waals surface area contributed by atoms with E-state index >= 15 is 0 Å². The van der Waals surface area contributed by atoms with E-state index in [2.05, 4.69) is 97.0 Å². The zero-order valence-corrected chi connectivity index (χ0v) is 36.5. The van der Waals surface area contributed by atoms with E-state index in [0.29, 0.717) is 0 Å². The molecule has 1 radical (unpaired) electrons. The molecule has 1 N–H and O–H groups in total. The molecule has 6 rings (SSSR count). The number of hydrogen-bond acceptors (Lipinski definition) is 4. The number of aromatic nitrogens is 1. The number of fused-ring (bicyclic) bond motifs is 5. The van der Waals surface area contributed by atoms with E-state index in [1.165, 1.54) is 33.5 Å². The van der Waals surface area contributed by atoms with E-state index in [1.54, 1.807) is 0 Å². The number of ketones is 1. The Balaban J connectivity index is 0.000000327. The van der Waals surface area contributed by atoms with Gasteiger partial charge in [-0.3, -0.25) is 9.78 Å². The number of allylic oxidation sites excluding steroid dienone is 2. The van der Waals surface area contributed by atoms with Crippen LogP contribution in [0.2, 0.25) is 0 Å². The molecule has 2 heterocycles. The molecule has 5 aromatic rings. The van der Waals surface area contributed by atoms with E-state index < -0.39 is 0 Å². The van der Waals surface area contributed by atoms with E-state index in [0.717, 1.165) is 82.8 Å². The minimum Gasteiger partial charge on any atom is -0.512 e. The normalized spacial score (nSPS) is 13.3. The fourth-order valence-corrected chi connectivity index (χ4v) is 7.40. The topological polar surface area (TPSA) is 59.4 Å². The van der Waals surface area contributed by atoms with Gasteiger partial charge in [-0.2, -0.15) is 0 Å². The number of aliphatic hydroxyl groups excluding tert-OH is 1. The van der Waals surface area contributed by atoms with Crippen molar-refractivity contribution in [2.45, 2.75) is 122 Å². The van der Waals surface area contributed by atoms with Crippen LogP contribution in [0.4, 0.5) is 0 Å². The van der Waals surface area contributed by atoms with Gasteiger partial charge in [-0.05, 0) is 90.1 Å². The summed E-state index contributed by atoms with van der Waals surface area (Å²) in [5.74, 6) is 2.03. The Morgan fingerprint density at radius 3 is 2.15 bits per heavy atom. The summed E-state index contributed by atoms with van der Waals surface area (Å²) in [7, 11) is 0. The molecular weight excluding hydrogens is 831 g/mol. The second kappa shape index (κ2) is 16.5. The van der Waals surface area contributed by atoms with Gasteiger partial charge < -0.3 is 9.84 Å². The Hall–Kier alpha value is -3.53. The standard InChI is InChI=1S/C34H34NO.C14H26O2.Ir/c1-20-11-12-23-22(15-20)16-27-31-30-25(13-14-35-31)24-10-8-9-21(18-33(2,3)4)26(24)17-29(30)36-32(27)28(23)19-34(5,6)7;1-6-11(7-2)12(15)10-13(16)14(5,8-3)9-4;/h8-15,17H,18-19H2,1-7H3;10-11,16H,6-9H2,1-5H3;/q-1;;/b;13-10-;/i14D;;. The Labute approximate surface area is 333 Å². The van der Waals surface area contributed by atoms with Crippen LogP contribution in [-0.4, -0.2) is 15.9 Å². The third-order valence-corrected chi connectivity index (χ3v) is 10.9. The molecule has 0 fully saturated rings. The van der Waals surface area contributed by atoms with Gasteiger partial charge >= 0.3 is 0 Å². The van der Waals surface area contributed by atoms with Crippen molar-refractivity contribution in [3.05, 3.63) is 89.3 Å². The molecule has 1 aliphatic heterocycles. The molecule has 5 heteroatoms. The summed E-state index contributed by atoms with van der Waals surface area (Å²) in [6.07, 6.45) is 6.93. The number of benzene rings is 4. The molecule has 1 aliphatic rings. The zero-order valence-electron chi connectivity index (χ0n) is 35.1. The van der Waals surface area contributed by atoms with Gasteiger partial charge in [0.05, 0.1) is 7.12 Å². The first kappa shape index (κ1) is 40.7. The summed E-state index contributed by atoms with van der Waals surface area (Å²) in [5, 5.41) is 16.6. The fraction of sp³-hybridized carbons (Fsp3) is 0.458. The molecular formula is C48H60IrNO3-. The van der Waals surface area contributed by atoms with Crippen LogP contribution >= 0.6 is 0 Å². The molecule has 0 saturated heterocycles. The fourth-order valence-electron chi connectivity index (χ4n) is 7.40. The third-order valence-electron chi connectivity index (χ3n) is 10.9. The second-order valence-electron chi connectivity index (χ2n) is 17.6. The maximum Gasteiger partial charge on any atom is 0.162 e. The number of pyridine rings is 1. The van der Waals surface area contributed by atoms with Crippen molar-refractivity contribution in [2.75, 3.05) is 0 Å². The van der Waals surface area contributed by atoms with Gasteiger partial charge in [0.1, 0.15) is 11.5 Å². The summed E-state index contributed by atoms with van der Waals surface area (Å²) in [5.41, 5.74) is 5.35. The number of carbonyl (C=O) groups excluding carboxylic acids is 1. The summed E-state index contributed by atoms with van der Waals surface area (Å²) < 4.78 is 15.5. The minimum atomic E-state index is -0.248. The first-order valence-corrected chi connectivity index (χ1v) is 19.3. The van der Waals surface area contributed by atoms with Crippen LogP contribution < -0.4 is 4.74 Å². The summed E-state index contributed by atoms with van der Waals surface area (Å²) in [6.45, 7) is 25.8. The Morgan fingerprint density at radius 2 is 1.55 bits per heavy atom. The van der Waals surface area contributed by atoms with E-state index in [1.807, 2.05) is 40.7 Å². The predicted octanol–water partition coefficient (Wildman–Crippen LogP) is 13.9. The Kier molecular flexibility index (Phi) is 12.6. The average Bonchev–Trinajstić information content (AvgIpc) is 3.08. The summed E-state index contributed by atoms with van der Waals surface area (Å²) in [4.78, 5) is 16.6. The van der Waals surface area contributed by atoms with E-state index in [9.17, 15) is 9.90 Å².